The van der Waals surface area contributed by atoms with Crippen molar-refractivity contribution in [3.8, 4) is 0 Å². The lowest BCUT2D eigenvalue weighted by Gasteiger charge is -2.16. The lowest BCUT2D eigenvalue weighted by Crippen LogP contribution is -2.43. The van der Waals surface area contributed by atoms with Crippen LogP contribution in [0.5, 0.6) is 0 Å². The SMILES string of the molecule is COC(=O)[C@@H](Cc1ccccc1)NC(=O)CCC(=O)c1ccc(Cl)s1. The minimum Gasteiger partial charge on any atom is -0.467 e. The van der Waals surface area contributed by atoms with Gasteiger partial charge in [0.05, 0.1) is 16.3 Å². The Kier molecular flexibility index (Phi) is 7.16. The van der Waals surface area contributed by atoms with E-state index in [4.69, 9.17) is 16.3 Å². The minimum absolute atomic E-state index is 0.00334. The summed E-state index contributed by atoms with van der Waals surface area (Å²) < 4.78 is 5.28. The molecule has 5 nitrogen and oxygen atoms in total. The number of carbonyl (C=O) groups excluding carboxylic acids is 3. The van der Waals surface area contributed by atoms with Crippen LogP contribution in [-0.2, 0) is 20.7 Å². The first kappa shape index (κ1) is 19.1. The second-order valence-corrected chi connectivity index (χ2v) is 7.08. The van der Waals surface area contributed by atoms with Gasteiger partial charge in [-0.25, -0.2) is 4.79 Å². The van der Waals surface area contributed by atoms with E-state index in [0.717, 1.165) is 5.56 Å². The number of thiophene rings is 1. The molecule has 25 heavy (non-hydrogen) atoms. The lowest BCUT2D eigenvalue weighted by molar-refractivity contribution is -0.145. The smallest absolute Gasteiger partial charge is 0.328 e. The maximum absolute atomic E-state index is 12.1. The van der Waals surface area contributed by atoms with E-state index in [9.17, 15) is 14.4 Å². The summed E-state index contributed by atoms with van der Waals surface area (Å²) in [5.74, 6) is -1.04. The summed E-state index contributed by atoms with van der Waals surface area (Å²) in [4.78, 5) is 36.5. The molecule has 1 N–H and O–H groups in total. The van der Waals surface area contributed by atoms with E-state index in [-0.39, 0.29) is 24.5 Å². The molecular weight excluding hydrogens is 362 g/mol. The number of carbonyl (C=O) groups is 3. The zero-order valence-electron chi connectivity index (χ0n) is 13.7. The second kappa shape index (κ2) is 9.34. The Balaban J connectivity index is 1.90. The molecule has 0 aliphatic rings. The molecule has 2 rings (SSSR count). The lowest BCUT2D eigenvalue weighted by atomic mass is 10.1. The number of halogens is 1. The molecule has 1 heterocycles. The molecule has 132 valence electrons. The van der Waals surface area contributed by atoms with Crippen molar-refractivity contribution in [3.05, 3.63) is 57.2 Å². The third-order valence-corrected chi connectivity index (χ3v) is 4.80. The third kappa shape index (κ3) is 5.99. The Morgan fingerprint density at radius 1 is 1.12 bits per heavy atom. The molecule has 0 unspecified atom stereocenters. The highest BCUT2D eigenvalue weighted by atomic mass is 35.5. The fourth-order valence-electron chi connectivity index (χ4n) is 2.27. The van der Waals surface area contributed by atoms with E-state index in [2.05, 4.69) is 5.32 Å². The molecule has 0 aliphatic carbocycles. The quantitative estimate of drug-likeness (QED) is 0.564. The number of Topliss-reactive ketones (excluding diaryl/α,β-unsaturated/α-hetero) is 1. The predicted octanol–water partition coefficient (Wildman–Crippen LogP) is 3.26. The molecule has 0 fully saturated rings. The molecule has 0 spiro atoms. The molecular formula is C18H18ClNO4S. The Morgan fingerprint density at radius 2 is 1.84 bits per heavy atom. The van der Waals surface area contributed by atoms with Crippen LogP contribution in [0.3, 0.4) is 0 Å². The van der Waals surface area contributed by atoms with E-state index in [0.29, 0.717) is 15.6 Å². The van der Waals surface area contributed by atoms with Crippen molar-refractivity contribution in [3.63, 3.8) is 0 Å². The van der Waals surface area contributed by atoms with Crippen LogP contribution in [0, 0.1) is 0 Å². The number of methoxy groups -OCH3 is 1. The third-order valence-electron chi connectivity index (χ3n) is 3.53. The first-order valence-corrected chi connectivity index (χ1v) is 8.88. The van der Waals surface area contributed by atoms with Crippen molar-refractivity contribution in [1.29, 1.82) is 0 Å². The molecule has 0 saturated carbocycles. The summed E-state index contributed by atoms with van der Waals surface area (Å²) in [6.45, 7) is 0. The van der Waals surface area contributed by atoms with E-state index in [1.807, 2.05) is 30.3 Å². The molecule has 2 aromatic rings. The maximum atomic E-state index is 12.1. The first-order valence-electron chi connectivity index (χ1n) is 7.69. The van der Waals surface area contributed by atoms with Crippen molar-refractivity contribution < 1.29 is 19.1 Å². The van der Waals surface area contributed by atoms with Crippen LogP contribution in [0.25, 0.3) is 0 Å². The Bertz CT molecular complexity index is 745. The monoisotopic (exact) mass is 379 g/mol. The van der Waals surface area contributed by atoms with Gasteiger partial charge in [-0.2, -0.15) is 0 Å². The standard InChI is InChI=1S/C18H18ClNO4S/c1-24-18(23)13(11-12-5-3-2-4-6-12)20-17(22)10-7-14(21)15-8-9-16(19)25-15/h2-6,8-9,13H,7,10-11H2,1H3,(H,20,22)/t13-/m1/s1. The number of ether oxygens (including phenoxy) is 1. The van der Waals surface area contributed by atoms with Crippen molar-refractivity contribution in [2.45, 2.75) is 25.3 Å². The summed E-state index contributed by atoms with van der Waals surface area (Å²) in [6, 6.07) is 11.8. The van der Waals surface area contributed by atoms with Crippen LogP contribution in [-0.4, -0.2) is 30.8 Å². The predicted molar refractivity (Wildman–Crippen MR) is 97.0 cm³/mol. The summed E-state index contributed by atoms with van der Waals surface area (Å²) in [7, 11) is 1.27. The van der Waals surface area contributed by atoms with E-state index in [1.54, 1.807) is 12.1 Å². The normalized spacial score (nSPS) is 11.6. The number of esters is 1. The van der Waals surface area contributed by atoms with E-state index < -0.39 is 12.0 Å². The highest BCUT2D eigenvalue weighted by molar-refractivity contribution is 7.18. The number of hydrogen-bond donors (Lipinski definition) is 1. The van der Waals surface area contributed by atoms with Crippen LogP contribution in [0.2, 0.25) is 4.34 Å². The summed E-state index contributed by atoms with van der Waals surface area (Å²) in [5.41, 5.74) is 0.905. The molecule has 7 heteroatoms. The van der Waals surface area contributed by atoms with Crippen molar-refractivity contribution in [1.82, 2.24) is 5.32 Å². The van der Waals surface area contributed by atoms with Gasteiger partial charge >= 0.3 is 5.97 Å². The van der Waals surface area contributed by atoms with Gasteiger partial charge < -0.3 is 10.1 Å². The molecule has 1 atom stereocenters. The fraction of sp³-hybridized carbons (Fsp3) is 0.278. The van der Waals surface area contributed by atoms with E-state index >= 15 is 0 Å². The van der Waals surface area contributed by atoms with Gasteiger partial charge in [-0.3, -0.25) is 9.59 Å². The van der Waals surface area contributed by atoms with Gasteiger partial charge in [0.15, 0.2) is 5.78 Å². The van der Waals surface area contributed by atoms with Crippen LogP contribution >= 0.6 is 22.9 Å². The number of rotatable bonds is 8. The zero-order chi connectivity index (χ0) is 18.2. The number of hydrogen-bond acceptors (Lipinski definition) is 5. The van der Waals surface area contributed by atoms with Crippen molar-refractivity contribution in [2.75, 3.05) is 7.11 Å². The van der Waals surface area contributed by atoms with Gasteiger partial charge in [0.25, 0.3) is 0 Å². The number of benzene rings is 1. The van der Waals surface area contributed by atoms with Crippen molar-refractivity contribution in [2.24, 2.45) is 0 Å². The maximum Gasteiger partial charge on any atom is 0.328 e. The average Bonchev–Trinajstić information content (AvgIpc) is 3.06. The van der Waals surface area contributed by atoms with E-state index in [1.165, 1.54) is 18.4 Å². The van der Waals surface area contributed by atoms with Crippen LogP contribution in [0.4, 0.5) is 0 Å². The summed E-state index contributed by atoms with van der Waals surface area (Å²) >= 11 is 6.98. The largest absolute Gasteiger partial charge is 0.467 e. The Labute approximate surface area is 154 Å². The molecule has 0 aliphatic heterocycles. The molecule has 1 amide bonds. The van der Waals surface area contributed by atoms with Gasteiger partial charge in [-0.1, -0.05) is 41.9 Å². The highest BCUT2D eigenvalue weighted by Crippen LogP contribution is 2.22. The topological polar surface area (TPSA) is 72.5 Å². The van der Waals surface area contributed by atoms with Gasteiger partial charge in [0.1, 0.15) is 6.04 Å². The fourth-order valence-corrected chi connectivity index (χ4v) is 3.28. The number of amides is 1. The van der Waals surface area contributed by atoms with Crippen LogP contribution < -0.4 is 5.32 Å². The number of nitrogens with one attached hydrogen (secondary N) is 1. The highest BCUT2D eigenvalue weighted by Gasteiger charge is 2.22. The van der Waals surface area contributed by atoms with Crippen LogP contribution in [0.15, 0.2) is 42.5 Å². The van der Waals surface area contributed by atoms with Crippen molar-refractivity contribution >= 4 is 40.6 Å². The minimum atomic E-state index is -0.786. The first-order chi connectivity index (χ1) is 12.0. The molecule has 0 bridgehead atoms. The van der Waals surface area contributed by atoms with Gasteiger partial charge in [0.2, 0.25) is 5.91 Å². The Morgan fingerprint density at radius 3 is 2.44 bits per heavy atom. The second-order valence-electron chi connectivity index (χ2n) is 5.36. The molecule has 0 saturated heterocycles. The Hall–Kier alpha value is -2.18. The molecule has 0 radical (unpaired) electrons. The molecule has 1 aromatic heterocycles. The zero-order valence-corrected chi connectivity index (χ0v) is 15.2. The summed E-state index contributed by atoms with van der Waals surface area (Å²) in [6.07, 6.45) is 0.381. The summed E-state index contributed by atoms with van der Waals surface area (Å²) in [5, 5.41) is 2.64. The van der Waals surface area contributed by atoms with Gasteiger partial charge in [-0.15, -0.1) is 11.3 Å². The van der Waals surface area contributed by atoms with Crippen LogP contribution in [0.1, 0.15) is 28.1 Å². The average molecular weight is 380 g/mol. The van der Waals surface area contributed by atoms with Gasteiger partial charge in [-0.05, 0) is 17.7 Å². The van der Waals surface area contributed by atoms with Gasteiger partial charge in [0, 0.05) is 19.3 Å². The number of ketones is 1. The molecule has 1 aromatic carbocycles.